The number of rotatable bonds is 5. The largest absolute Gasteiger partial charge is 0.378 e. The highest BCUT2D eigenvalue weighted by molar-refractivity contribution is 6.19. The fraction of sp³-hybridized carbons (Fsp3) is 0.909. The van der Waals surface area contributed by atoms with E-state index in [0.29, 0.717) is 18.4 Å². The topological polar surface area (TPSA) is 38.3 Å². The predicted molar refractivity (Wildman–Crippen MR) is 59.0 cm³/mol. The predicted octanol–water partition coefficient (Wildman–Crippen LogP) is 1.83. The molecule has 0 radical (unpaired) electrons. The first-order valence-corrected chi connectivity index (χ1v) is 6.26. The summed E-state index contributed by atoms with van der Waals surface area (Å²) in [6.07, 6.45) is 6.03. The van der Waals surface area contributed by atoms with Crippen LogP contribution in [0.4, 0.5) is 0 Å². The van der Waals surface area contributed by atoms with Crippen LogP contribution in [0.25, 0.3) is 0 Å². The van der Waals surface area contributed by atoms with Gasteiger partial charge in [-0.1, -0.05) is 0 Å². The molecule has 86 valence electrons. The average molecular weight is 232 g/mol. The van der Waals surface area contributed by atoms with E-state index in [4.69, 9.17) is 16.3 Å². The average Bonchev–Trinajstić information content (AvgIpc) is 2.80. The molecule has 1 atom stereocenters. The van der Waals surface area contributed by atoms with Crippen molar-refractivity contribution in [2.45, 2.75) is 50.2 Å². The van der Waals surface area contributed by atoms with Crippen molar-refractivity contribution in [2.24, 2.45) is 0 Å². The molecule has 1 saturated heterocycles. The van der Waals surface area contributed by atoms with Gasteiger partial charge in [-0.05, 0) is 32.1 Å². The van der Waals surface area contributed by atoms with E-state index in [1.807, 2.05) is 0 Å². The van der Waals surface area contributed by atoms with Gasteiger partial charge in [0.15, 0.2) is 0 Å². The molecule has 0 bridgehead atoms. The number of halogens is 1. The van der Waals surface area contributed by atoms with Gasteiger partial charge in [-0.2, -0.15) is 0 Å². The number of amides is 1. The number of carbonyl (C=O) groups is 1. The molecule has 1 amide bonds. The first-order valence-electron chi connectivity index (χ1n) is 5.73. The summed E-state index contributed by atoms with van der Waals surface area (Å²) in [7, 11) is 0. The van der Waals surface area contributed by atoms with Crippen LogP contribution in [0.3, 0.4) is 0 Å². The van der Waals surface area contributed by atoms with Gasteiger partial charge in [-0.25, -0.2) is 0 Å². The minimum atomic E-state index is -0.0603. The van der Waals surface area contributed by atoms with Crippen molar-refractivity contribution in [1.29, 1.82) is 0 Å². The summed E-state index contributed by atoms with van der Waals surface area (Å²) in [5, 5.41) is 3.01. The van der Waals surface area contributed by atoms with Crippen LogP contribution in [-0.4, -0.2) is 30.0 Å². The van der Waals surface area contributed by atoms with E-state index in [9.17, 15) is 4.79 Å². The van der Waals surface area contributed by atoms with Crippen molar-refractivity contribution in [2.75, 3.05) is 12.5 Å². The first kappa shape index (κ1) is 11.2. The SMILES string of the molecule is O=C(CCC1CCCO1)NC1(CCl)CC1. The third kappa shape index (κ3) is 3.08. The van der Waals surface area contributed by atoms with Gasteiger partial charge in [0.2, 0.25) is 5.91 Å². The quantitative estimate of drug-likeness (QED) is 0.734. The van der Waals surface area contributed by atoms with Crippen LogP contribution in [0.5, 0.6) is 0 Å². The monoisotopic (exact) mass is 231 g/mol. The Morgan fingerprint density at radius 3 is 2.87 bits per heavy atom. The number of hydrogen-bond donors (Lipinski definition) is 1. The smallest absolute Gasteiger partial charge is 0.220 e. The second kappa shape index (κ2) is 4.71. The number of hydrogen-bond acceptors (Lipinski definition) is 2. The van der Waals surface area contributed by atoms with Gasteiger partial charge in [0, 0.05) is 18.9 Å². The molecule has 1 N–H and O–H groups in total. The molecule has 1 saturated carbocycles. The molecule has 1 aliphatic heterocycles. The zero-order valence-corrected chi connectivity index (χ0v) is 9.68. The standard InChI is InChI=1S/C11H18ClNO2/c12-8-11(5-6-11)13-10(14)4-3-9-2-1-7-15-9/h9H,1-8H2,(H,13,14). The molecular weight excluding hydrogens is 214 g/mol. The van der Waals surface area contributed by atoms with E-state index < -0.39 is 0 Å². The number of alkyl halides is 1. The van der Waals surface area contributed by atoms with Crippen molar-refractivity contribution >= 4 is 17.5 Å². The van der Waals surface area contributed by atoms with Crippen LogP contribution in [-0.2, 0) is 9.53 Å². The molecule has 3 nitrogen and oxygen atoms in total. The van der Waals surface area contributed by atoms with E-state index in [-0.39, 0.29) is 11.4 Å². The molecule has 15 heavy (non-hydrogen) atoms. The van der Waals surface area contributed by atoms with E-state index in [0.717, 1.165) is 38.7 Å². The van der Waals surface area contributed by atoms with Crippen LogP contribution in [0, 0.1) is 0 Å². The maximum Gasteiger partial charge on any atom is 0.220 e. The van der Waals surface area contributed by atoms with Gasteiger partial charge in [0.05, 0.1) is 11.6 Å². The van der Waals surface area contributed by atoms with Gasteiger partial charge in [0.1, 0.15) is 0 Å². The Morgan fingerprint density at radius 1 is 1.53 bits per heavy atom. The summed E-state index contributed by atoms with van der Waals surface area (Å²) in [6, 6.07) is 0. The minimum absolute atomic E-state index is 0.0603. The summed E-state index contributed by atoms with van der Waals surface area (Å²) < 4.78 is 5.47. The Balaban J connectivity index is 1.64. The third-order valence-corrected chi connectivity index (χ3v) is 3.74. The van der Waals surface area contributed by atoms with E-state index in [2.05, 4.69) is 5.32 Å². The molecule has 0 spiro atoms. The highest BCUT2D eigenvalue weighted by atomic mass is 35.5. The maximum atomic E-state index is 11.6. The molecular formula is C11H18ClNO2. The maximum absolute atomic E-state index is 11.6. The molecule has 1 heterocycles. The van der Waals surface area contributed by atoms with Crippen LogP contribution in [0.1, 0.15) is 38.5 Å². The second-order valence-electron chi connectivity index (χ2n) is 4.64. The molecule has 2 rings (SSSR count). The van der Waals surface area contributed by atoms with Gasteiger partial charge >= 0.3 is 0 Å². The number of carbonyl (C=O) groups excluding carboxylic acids is 1. The van der Waals surface area contributed by atoms with E-state index >= 15 is 0 Å². The minimum Gasteiger partial charge on any atom is -0.378 e. The molecule has 1 aliphatic carbocycles. The van der Waals surface area contributed by atoms with Crippen LogP contribution < -0.4 is 5.32 Å². The lowest BCUT2D eigenvalue weighted by molar-refractivity contribution is -0.122. The van der Waals surface area contributed by atoms with Gasteiger partial charge in [-0.3, -0.25) is 4.79 Å². The Bertz CT molecular complexity index is 235. The Kier molecular flexibility index (Phi) is 3.52. The highest BCUT2D eigenvalue weighted by Crippen LogP contribution is 2.36. The summed E-state index contributed by atoms with van der Waals surface area (Å²) >= 11 is 5.79. The second-order valence-corrected chi connectivity index (χ2v) is 4.90. The highest BCUT2D eigenvalue weighted by Gasteiger charge is 2.42. The van der Waals surface area contributed by atoms with Crippen LogP contribution >= 0.6 is 11.6 Å². The zero-order valence-electron chi connectivity index (χ0n) is 8.93. The summed E-state index contributed by atoms with van der Waals surface area (Å²) in [5.74, 6) is 0.669. The van der Waals surface area contributed by atoms with E-state index in [1.165, 1.54) is 0 Å². The fourth-order valence-corrected chi connectivity index (χ4v) is 2.30. The third-order valence-electron chi connectivity index (χ3n) is 3.23. The Morgan fingerprint density at radius 2 is 2.33 bits per heavy atom. The van der Waals surface area contributed by atoms with Crippen molar-refractivity contribution in [3.05, 3.63) is 0 Å². The van der Waals surface area contributed by atoms with Gasteiger partial charge < -0.3 is 10.1 Å². The van der Waals surface area contributed by atoms with E-state index in [1.54, 1.807) is 0 Å². The fourth-order valence-electron chi connectivity index (χ4n) is 1.97. The van der Waals surface area contributed by atoms with Gasteiger partial charge in [0.25, 0.3) is 0 Å². The summed E-state index contributed by atoms with van der Waals surface area (Å²) in [5.41, 5.74) is -0.0603. The Hall–Kier alpha value is -0.280. The summed E-state index contributed by atoms with van der Waals surface area (Å²) in [6.45, 7) is 0.859. The summed E-state index contributed by atoms with van der Waals surface area (Å²) in [4.78, 5) is 11.6. The molecule has 4 heteroatoms. The molecule has 0 aromatic carbocycles. The lowest BCUT2D eigenvalue weighted by Crippen LogP contribution is -2.38. The zero-order chi connectivity index (χ0) is 10.7. The lowest BCUT2D eigenvalue weighted by Gasteiger charge is -2.15. The van der Waals surface area contributed by atoms with Crippen molar-refractivity contribution in [1.82, 2.24) is 5.32 Å². The van der Waals surface area contributed by atoms with Crippen molar-refractivity contribution < 1.29 is 9.53 Å². The van der Waals surface area contributed by atoms with Crippen molar-refractivity contribution in [3.8, 4) is 0 Å². The molecule has 2 fully saturated rings. The van der Waals surface area contributed by atoms with Crippen LogP contribution in [0.15, 0.2) is 0 Å². The number of ether oxygens (including phenoxy) is 1. The number of nitrogens with one attached hydrogen (secondary N) is 1. The van der Waals surface area contributed by atoms with Crippen LogP contribution in [0.2, 0.25) is 0 Å². The molecule has 2 aliphatic rings. The molecule has 1 unspecified atom stereocenters. The lowest BCUT2D eigenvalue weighted by atomic mass is 10.1. The van der Waals surface area contributed by atoms with Gasteiger partial charge in [-0.15, -0.1) is 11.6 Å². The normalized spacial score (nSPS) is 27.7. The Labute approximate surface area is 95.5 Å². The molecule has 0 aromatic rings. The first-order chi connectivity index (χ1) is 7.24. The molecule has 0 aromatic heterocycles. The van der Waals surface area contributed by atoms with Crippen molar-refractivity contribution in [3.63, 3.8) is 0 Å².